The molecule has 0 saturated carbocycles. The van der Waals surface area contributed by atoms with E-state index in [-0.39, 0.29) is 28.0 Å². The first-order chi connectivity index (χ1) is 17.2. The van der Waals surface area contributed by atoms with Crippen molar-refractivity contribution in [2.24, 2.45) is 11.1 Å². The summed E-state index contributed by atoms with van der Waals surface area (Å²) in [5.74, 6) is -3.12. The van der Waals surface area contributed by atoms with Crippen molar-refractivity contribution >= 4 is 56.0 Å². The minimum atomic E-state index is -4.96. The minimum Gasteiger partial charge on any atom is -0.503 e. The molecule has 0 bridgehead atoms. The van der Waals surface area contributed by atoms with Gasteiger partial charge in [-0.3, -0.25) is 18.9 Å². The number of hydrogen-bond donors (Lipinski definition) is 4. The number of nitrogens with two attached hydrogens (primary N) is 1. The maximum atomic E-state index is 13.2. The number of thioether (sulfide) groups is 1. The summed E-state index contributed by atoms with van der Waals surface area (Å²) in [6.07, 6.45) is 1.01. The highest BCUT2D eigenvalue weighted by molar-refractivity contribution is 7.98. The number of ketones is 1. The highest BCUT2D eigenvalue weighted by atomic mass is 32.3. The van der Waals surface area contributed by atoms with Crippen molar-refractivity contribution in [3.8, 4) is 5.75 Å². The van der Waals surface area contributed by atoms with Crippen LogP contribution in [0.5, 0.6) is 5.75 Å². The number of aromatic nitrogens is 2. The second-order valence-corrected chi connectivity index (χ2v) is 11.1. The molecule has 2 aromatic heterocycles. The molecule has 202 valence electrons. The first kappa shape index (κ1) is 28.4. The molecular weight excluding hydrogens is 554 g/mol. The third kappa shape index (κ3) is 6.21. The molecule has 0 radical (unpaired) electrons. The Bertz CT molecular complexity index is 1400. The fourth-order valence-corrected chi connectivity index (χ4v) is 5.03. The van der Waals surface area contributed by atoms with E-state index >= 15 is 0 Å². The van der Waals surface area contributed by atoms with Crippen LogP contribution in [0, 0.1) is 5.92 Å². The number of nitrogen functional groups attached to an aromatic ring is 1. The summed E-state index contributed by atoms with van der Waals surface area (Å²) in [6.45, 7) is 2.87. The van der Waals surface area contributed by atoms with Gasteiger partial charge in [0.2, 0.25) is 5.43 Å². The highest BCUT2D eigenvalue weighted by Crippen LogP contribution is 2.40. The van der Waals surface area contributed by atoms with E-state index in [4.69, 9.17) is 15.1 Å². The fourth-order valence-electron chi connectivity index (χ4n) is 3.49. The number of thiazole rings is 1. The van der Waals surface area contributed by atoms with E-state index in [0.717, 1.165) is 23.6 Å². The van der Waals surface area contributed by atoms with E-state index in [1.807, 2.05) is 0 Å². The summed E-state index contributed by atoms with van der Waals surface area (Å²) in [6, 6.07) is 0.952. The van der Waals surface area contributed by atoms with E-state index in [2.05, 4.69) is 14.4 Å². The van der Waals surface area contributed by atoms with Gasteiger partial charge in [-0.25, -0.2) is 4.98 Å². The Morgan fingerprint density at radius 1 is 1.41 bits per heavy atom. The summed E-state index contributed by atoms with van der Waals surface area (Å²) in [5.41, 5.74) is 3.30. The van der Waals surface area contributed by atoms with E-state index in [0.29, 0.717) is 9.79 Å². The van der Waals surface area contributed by atoms with Crippen LogP contribution in [0.1, 0.15) is 37.8 Å². The third-order valence-electron chi connectivity index (χ3n) is 5.42. The Morgan fingerprint density at radius 3 is 2.62 bits per heavy atom. The lowest BCUT2D eigenvalue weighted by atomic mass is 9.74. The number of hydroxylamine groups is 2. The number of hydrogen-bond acceptors (Lipinski definition) is 14. The molecule has 2 atom stereocenters. The van der Waals surface area contributed by atoms with Crippen molar-refractivity contribution in [3.63, 3.8) is 0 Å². The van der Waals surface area contributed by atoms with E-state index in [1.165, 1.54) is 31.0 Å². The summed E-state index contributed by atoms with van der Waals surface area (Å²) < 4.78 is 35.8. The summed E-state index contributed by atoms with van der Waals surface area (Å²) >= 11 is 2.29. The van der Waals surface area contributed by atoms with Crippen molar-refractivity contribution < 1.29 is 42.0 Å². The summed E-state index contributed by atoms with van der Waals surface area (Å²) in [4.78, 5) is 47.2. The molecule has 1 amide bonds. The zero-order valence-electron chi connectivity index (χ0n) is 19.6. The van der Waals surface area contributed by atoms with Gasteiger partial charge in [-0.15, -0.1) is 15.6 Å². The zero-order valence-corrected chi connectivity index (χ0v) is 22.0. The average Bonchev–Trinajstić information content (AvgIpc) is 3.22. The molecule has 15 nitrogen and oxygen atoms in total. The van der Waals surface area contributed by atoms with E-state index < -0.39 is 57.2 Å². The molecule has 3 rings (SSSR count). The van der Waals surface area contributed by atoms with Crippen LogP contribution in [-0.2, 0) is 29.1 Å². The maximum Gasteiger partial charge on any atom is 0.418 e. The molecule has 18 heteroatoms. The topological polar surface area (TPSA) is 224 Å². The van der Waals surface area contributed by atoms with Crippen LogP contribution in [0.15, 0.2) is 27.6 Å². The summed E-state index contributed by atoms with van der Waals surface area (Å²) in [5, 5.41) is 25.6. The van der Waals surface area contributed by atoms with Crippen molar-refractivity contribution in [1.29, 1.82) is 0 Å². The Hall–Kier alpha value is -3.19. The molecule has 1 aliphatic rings. The van der Waals surface area contributed by atoms with Crippen LogP contribution in [0.25, 0.3) is 0 Å². The van der Waals surface area contributed by atoms with E-state index in [9.17, 15) is 33.1 Å². The van der Waals surface area contributed by atoms with Crippen molar-refractivity contribution in [3.05, 3.63) is 39.3 Å². The quantitative estimate of drug-likeness (QED) is 0.0944. The van der Waals surface area contributed by atoms with Gasteiger partial charge in [0.25, 0.3) is 5.91 Å². The standard InChI is InChI=1S/C19H23N5O10S3/c1-19(2)9(17(28)24(19)34-37(30,31)32)4-13(26)16(10-7-36-18(20)21-10)22-33-15(8-35-3)11-5-12(25)14(27)6-23(11)29/h5-7,9,15,27,29H,4,8H2,1-3H3,(H2,20,21)(H,30,31,32)/b22-16-/t9-,15+/m1/s1. The second kappa shape index (κ2) is 10.7. The largest absolute Gasteiger partial charge is 0.503 e. The van der Waals surface area contributed by atoms with Crippen LogP contribution in [-0.4, -0.2) is 73.0 Å². The normalized spacial score (nSPS) is 18.4. The molecule has 0 unspecified atom stereocenters. The lowest BCUT2D eigenvalue weighted by Crippen LogP contribution is -2.68. The Kier molecular flexibility index (Phi) is 8.18. The molecule has 1 saturated heterocycles. The SMILES string of the molecule is CSC[C@H](O/N=C(\C(=O)C[C@@H]1C(=O)N(OS(=O)(=O)O)C1(C)C)c1csc(N)n1)c1cc(=O)c(O)cn1O. The number of nitrogens with zero attached hydrogens (tertiary/aromatic N) is 4. The van der Waals surface area contributed by atoms with Gasteiger partial charge in [-0.1, -0.05) is 5.16 Å². The van der Waals surface area contributed by atoms with Crippen molar-refractivity contribution in [2.45, 2.75) is 31.9 Å². The van der Waals surface area contributed by atoms with Gasteiger partial charge >= 0.3 is 10.4 Å². The number of rotatable bonds is 11. The summed E-state index contributed by atoms with van der Waals surface area (Å²) in [7, 11) is -4.96. The second-order valence-electron chi connectivity index (χ2n) is 8.32. The first-order valence-electron chi connectivity index (χ1n) is 10.3. The lowest BCUT2D eigenvalue weighted by molar-refractivity contribution is -0.228. The zero-order chi connectivity index (χ0) is 27.7. The van der Waals surface area contributed by atoms with Crippen LogP contribution in [0.2, 0.25) is 0 Å². The number of carbonyl (C=O) groups excluding carboxylic acids is 2. The molecule has 0 aliphatic carbocycles. The van der Waals surface area contributed by atoms with Crippen LogP contribution >= 0.6 is 23.1 Å². The maximum absolute atomic E-state index is 13.2. The number of amides is 1. The van der Waals surface area contributed by atoms with Gasteiger partial charge in [0.1, 0.15) is 11.4 Å². The van der Waals surface area contributed by atoms with Gasteiger partial charge in [0, 0.05) is 23.6 Å². The number of oxime groups is 1. The lowest BCUT2D eigenvalue weighted by Gasteiger charge is -2.50. The van der Waals surface area contributed by atoms with Crippen LogP contribution in [0.4, 0.5) is 5.13 Å². The molecule has 5 N–H and O–H groups in total. The predicted octanol–water partition coefficient (Wildman–Crippen LogP) is 0.586. The van der Waals surface area contributed by atoms with Crippen LogP contribution < -0.4 is 11.2 Å². The fraction of sp³-hybridized carbons (Fsp3) is 0.421. The minimum absolute atomic E-state index is 0.0399. The van der Waals surface area contributed by atoms with Crippen molar-refractivity contribution in [1.82, 2.24) is 14.8 Å². The molecule has 0 spiro atoms. The molecule has 2 aromatic rings. The van der Waals surface area contributed by atoms with Gasteiger partial charge in [0.15, 0.2) is 28.5 Å². The number of carbonyl (C=O) groups is 2. The number of anilines is 1. The van der Waals surface area contributed by atoms with Crippen LogP contribution in [0.3, 0.4) is 0 Å². The smallest absolute Gasteiger partial charge is 0.418 e. The molecule has 0 aromatic carbocycles. The number of β-lactam (4-membered cyclic amide) rings is 1. The Balaban J connectivity index is 1.90. The van der Waals surface area contributed by atoms with Crippen molar-refractivity contribution in [2.75, 3.05) is 17.7 Å². The molecule has 1 fully saturated rings. The third-order valence-corrected chi connectivity index (χ3v) is 7.07. The Labute approximate surface area is 218 Å². The molecule has 3 heterocycles. The van der Waals surface area contributed by atoms with E-state index in [1.54, 1.807) is 6.26 Å². The van der Waals surface area contributed by atoms with Gasteiger partial charge < -0.3 is 20.9 Å². The molecular formula is C19H23N5O10S3. The van der Waals surface area contributed by atoms with Gasteiger partial charge in [0.05, 0.1) is 17.7 Å². The highest BCUT2D eigenvalue weighted by Gasteiger charge is 2.57. The molecule has 37 heavy (non-hydrogen) atoms. The predicted molar refractivity (Wildman–Crippen MR) is 131 cm³/mol. The van der Waals surface area contributed by atoms with Gasteiger partial charge in [-0.2, -0.15) is 30.0 Å². The number of pyridine rings is 1. The number of aromatic hydroxyl groups is 1. The first-order valence-corrected chi connectivity index (χ1v) is 13.9. The number of Topliss-reactive ketones (excluding diaryl/α,β-unsaturated/α-hetero) is 1. The monoisotopic (exact) mass is 577 g/mol. The van der Waals surface area contributed by atoms with Gasteiger partial charge in [-0.05, 0) is 20.1 Å². The molecule has 1 aliphatic heterocycles. The average molecular weight is 578 g/mol. The Morgan fingerprint density at radius 2 is 2.08 bits per heavy atom.